The maximum absolute atomic E-state index is 4.71. The molecule has 0 saturated carbocycles. The summed E-state index contributed by atoms with van der Waals surface area (Å²) in [5, 5.41) is 3.18. The summed E-state index contributed by atoms with van der Waals surface area (Å²) in [6.45, 7) is 9.29. The molecule has 0 amide bonds. The van der Waals surface area contributed by atoms with Gasteiger partial charge in [0.25, 0.3) is 0 Å². The molecule has 4 heteroatoms. The lowest BCUT2D eigenvalue weighted by Crippen LogP contribution is -2.13. The molecule has 1 aromatic carbocycles. The minimum absolute atomic E-state index is 0.817. The molecule has 0 unspecified atom stereocenters. The monoisotopic (exact) mass is 347 g/mol. The van der Waals surface area contributed by atoms with Gasteiger partial charge in [-0.1, -0.05) is 15.9 Å². The van der Waals surface area contributed by atoms with Crippen molar-refractivity contribution in [2.75, 3.05) is 13.6 Å². The Morgan fingerprint density at radius 1 is 1.00 bits per heavy atom. The predicted molar refractivity (Wildman–Crippen MR) is 91.7 cm³/mol. The van der Waals surface area contributed by atoms with Crippen LogP contribution in [-0.2, 0) is 6.42 Å². The molecule has 0 fully saturated rings. The summed E-state index contributed by atoms with van der Waals surface area (Å²) in [6.07, 6.45) is 0.965. The van der Waals surface area contributed by atoms with Crippen LogP contribution in [-0.4, -0.2) is 23.6 Å². The van der Waals surface area contributed by atoms with Gasteiger partial charge in [-0.15, -0.1) is 0 Å². The maximum Gasteiger partial charge on any atom is 0.159 e. The van der Waals surface area contributed by atoms with Gasteiger partial charge in [-0.25, -0.2) is 9.97 Å². The van der Waals surface area contributed by atoms with Crippen molar-refractivity contribution in [1.29, 1.82) is 0 Å². The van der Waals surface area contributed by atoms with Crippen LogP contribution in [0.15, 0.2) is 16.6 Å². The fourth-order valence-electron chi connectivity index (χ4n) is 2.56. The first kappa shape index (κ1) is 16.1. The van der Waals surface area contributed by atoms with Gasteiger partial charge in [-0.05, 0) is 76.5 Å². The SMILES string of the molecule is CNCCc1c(C)nc(-c2cc(C)c(Br)c(C)c2)nc1C. The number of rotatable bonds is 4. The fraction of sp³-hybridized carbons (Fsp3) is 0.412. The van der Waals surface area contributed by atoms with Gasteiger partial charge in [0.05, 0.1) is 0 Å². The summed E-state index contributed by atoms with van der Waals surface area (Å²) in [6, 6.07) is 4.27. The van der Waals surface area contributed by atoms with Gasteiger partial charge in [0.1, 0.15) is 0 Å². The van der Waals surface area contributed by atoms with Crippen molar-refractivity contribution in [3.63, 3.8) is 0 Å². The second kappa shape index (κ2) is 6.67. The van der Waals surface area contributed by atoms with Crippen LogP contribution < -0.4 is 5.32 Å². The molecule has 0 spiro atoms. The highest BCUT2D eigenvalue weighted by atomic mass is 79.9. The largest absolute Gasteiger partial charge is 0.319 e. The smallest absolute Gasteiger partial charge is 0.159 e. The Bertz CT molecular complexity index is 619. The summed E-state index contributed by atoms with van der Waals surface area (Å²) in [5.74, 6) is 0.817. The second-order valence-electron chi connectivity index (χ2n) is 5.47. The number of hydrogen-bond acceptors (Lipinski definition) is 3. The third-order valence-electron chi connectivity index (χ3n) is 3.74. The minimum Gasteiger partial charge on any atom is -0.319 e. The number of halogens is 1. The van der Waals surface area contributed by atoms with Crippen LogP contribution >= 0.6 is 15.9 Å². The van der Waals surface area contributed by atoms with E-state index in [2.05, 4.69) is 61.1 Å². The lowest BCUT2D eigenvalue weighted by atomic mass is 10.0. The van der Waals surface area contributed by atoms with Gasteiger partial charge in [-0.2, -0.15) is 0 Å². The zero-order valence-corrected chi connectivity index (χ0v) is 14.9. The van der Waals surface area contributed by atoms with Crippen LogP contribution in [0, 0.1) is 27.7 Å². The molecule has 1 aromatic heterocycles. The zero-order chi connectivity index (χ0) is 15.6. The Kier molecular flexibility index (Phi) is 5.12. The van der Waals surface area contributed by atoms with Crippen molar-refractivity contribution >= 4 is 15.9 Å². The van der Waals surface area contributed by atoms with Gasteiger partial charge in [0.15, 0.2) is 5.82 Å². The lowest BCUT2D eigenvalue weighted by Gasteiger charge is -2.12. The Morgan fingerprint density at radius 2 is 1.52 bits per heavy atom. The van der Waals surface area contributed by atoms with Gasteiger partial charge < -0.3 is 5.32 Å². The highest BCUT2D eigenvalue weighted by molar-refractivity contribution is 9.10. The summed E-state index contributed by atoms with van der Waals surface area (Å²) in [7, 11) is 1.97. The van der Waals surface area contributed by atoms with E-state index in [0.29, 0.717) is 0 Å². The number of likely N-dealkylation sites (N-methyl/N-ethyl adjacent to an activating group) is 1. The average Bonchev–Trinajstić information content (AvgIpc) is 2.43. The first-order valence-corrected chi connectivity index (χ1v) is 7.99. The normalized spacial score (nSPS) is 11.0. The second-order valence-corrected chi connectivity index (χ2v) is 6.27. The van der Waals surface area contributed by atoms with Crippen molar-refractivity contribution in [1.82, 2.24) is 15.3 Å². The van der Waals surface area contributed by atoms with Crippen molar-refractivity contribution in [3.05, 3.63) is 44.7 Å². The molecule has 0 radical (unpaired) electrons. The first-order chi connectivity index (χ1) is 9.93. The third kappa shape index (κ3) is 3.50. The molecule has 1 heterocycles. The van der Waals surface area contributed by atoms with E-state index in [1.54, 1.807) is 0 Å². The molecule has 112 valence electrons. The summed E-state index contributed by atoms with van der Waals surface area (Å²) < 4.78 is 1.16. The van der Waals surface area contributed by atoms with Crippen LogP contribution in [0.5, 0.6) is 0 Å². The quantitative estimate of drug-likeness (QED) is 0.911. The topological polar surface area (TPSA) is 37.8 Å². The zero-order valence-electron chi connectivity index (χ0n) is 13.3. The molecule has 21 heavy (non-hydrogen) atoms. The summed E-state index contributed by atoms with van der Waals surface area (Å²) >= 11 is 3.61. The first-order valence-electron chi connectivity index (χ1n) is 7.20. The Hall–Kier alpha value is -1.26. The summed E-state index contributed by atoms with van der Waals surface area (Å²) in [4.78, 5) is 9.43. The molecule has 0 bridgehead atoms. The van der Waals surface area contributed by atoms with E-state index in [1.807, 2.05) is 7.05 Å². The molecule has 0 aliphatic heterocycles. The molecule has 3 nitrogen and oxygen atoms in total. The number of nitrogens with one attached hydrogen (secondary N) is 1. The van der Waals surface area contributed by atoms with Crippen LogP contribution in [0.2, 0.25) is 0 Å². The minimum atomic E-state index is 0.817. The molecule has 1 N–H and O–H groups in total. The highest BCUT2D eigenvalue weighted by Gasteiger charge is 2.11. The van der Waals surface area contributed by atoms with E-state index in [4.69, 9.17) is 9.97 Å². The van der Waals surface area contributed by atoms with E-state index >= 15 is 0 Å². The Morgan fingerprint density at radius 3 is 2.00 bits per heavy atom. The molecule has 2 aromatic rings. The van der Waals surface area contributed by atoms with Crippen LogP contribution in [0.1, 0.15) is 28.1 Å². The number of aromatic nitrogens is 2. The number of aryl methyl sites for hydroxylation is 4. The van der Waals surface area contributed by atoms with Gasteiger partial charge in [0, 0.05) is 21.4 Å². The van der Waals surface area contributed by atoms with E-state index in [9.17, 15) is 0 Å². The lowest BCUT2D eigenvalue weighted by molar-refractivity contribution is 0.774. The standard InChI is InChI=1S/C17H22BrN3/c1-10-8-14(9-11(2)16(10)18)17-20-12(3)15(6-7-19-5)13(4)21-17/h8-9,19H,6-7H2,1-5H3. The average molecular weight is 348 g/mol. The highest BCUT2D eigenvalue weighted by Crippen LogP contribution is 2.27. The van der Waals surface area contributed by atoms with E-state index in [0.717, 1.165) is 40.2 Å². The van der Waals surface area contributed by atoms with Crippen molar-refractivity contribution in [3.8, 4) is 11.4 Å². The molecular weight excluding hydrogens is 326 g/mol. The van der Waals surface area contributed by atoms with Gasteiger partial charge in [-0.3, -0.25) is 0 Å². The van der Waals surface area contributed by atoms with Crippen molar-refractivity contribution < 1.29 is 0 Å². The van der Waals surface area contributed by atoms with E-state index in [1.165, 1.54) is 16.7 Å². The molecule has 0 aliphatic rings. The maximum atomic E-state index is 4.71. The Balaban J connectivity index is 2.46. The number of benzene rings is 1. The molecule has 2 rings (SSSR count). The third-order valence-corrected chi connectivity index (χ3v) is 4.99. The Labute approximate surface area is 135 Å². The van der Waals surface area contributed by atoms with Crippen molar-refractivity contribution in [2.45, 2.75) is 34.1 Å². The van der Waals surface area contributed by atoms with E-state index in [-0.39, 0.29) is 0 Å². The predicted octanol–water partition coefficient (Wildman–Crippen LogP) is 3.90. The number of hydrogen-bond donors (Lipinski definition) is 1. The summed E-state index contributed by atoms with van der Waals surface area (Å²) in [5.41, 5.74) is 6.90. The van der Waals surface area contributed by atoms with Crippen LogP contribution in [0.25, 0.3) is 11.4 Å². The van der Waals surface area contributed by atoms with Gasteiger partial charge >= 0.3 is 0 Å². The van der Waals surface area contributed by atoms with Crippen LogP contribution in [0.3, 0.4) is 0 Å². The van der Waals surface area contributed by atoms with E-state index < -0.39 is 0 Å². The molecule has 0 saturated heterocycles. The molecule has 0 aliphatic carbocycles. The molecule has 0 atom stereocenters. The fourth-order valence-corrected chi connectivity index (χ4v) is 2.78. The molecular formula is C17H22BrN3. The van der Waals surface area contributed by atoms with Gasteiger partial charge in [0.2, 0.25) is 0 Å². The number of nitrogens with zero attached hydrogens (tertiary/aromatic N) is 2. The van der Waals surface area contributed by atoms with Crippen molar-refractivity contribution in [2.24, 2.45) is 0 Å². The van der Waals surface area contributed by atoms with Crippen LogP contribution in [0.4, 0.5) is 0 Å².